The first-order chi connectivity index (χ1) is 11.7. The molecule has 126 valence electrons. The van der Waals surface area contributed by atoms with Gasteiger partial charge in [-0.05, 0) is 38.0 Å². The molecule has 0 aliphatic carbocycles. The number of pyridine rings is 1. The molecule has 2 aromatic rings. The first-order valence-corrected chi connectivity index (χ1v) is 8.38. The molecule has 1 atom stereocenters. The number of nitrogens with zero attached hydrogens (tertiary/aromatic N) is 2. The Kier molecular flexibility index (Phi) is 4.99. The second-order valence-electron chi connectivity index (χ2n) is 5.86. The maximum Gasteiger partial charge on any atom is 0.252 e. The Balaban J connectivity index is 1.84. The highest BCUT2D eigenvalue weighted by atomic mass is 16.5. The molecule has 1 aliphatic rings. The third kappa shape index (κ3) is 3.20. The summed E-state index contributed by atoms with van der Waals surface area (Å²) < 4.78 is 5.52. The number of carbonyl (C=O) groups is 1. The van der Waals surface area contributed by atoms with Crippen molar-refractivity contribution >= 4 is 11.7 Å². The molecule has 0 spiro atoms. The largest absolute Gasteiger partial charge is 0.496 e. The first-order valence-electron chi connectivity index (χ1n) is 8.38. The van der Waals surface area contributed by atoms with E-state index in [1.807, 2.05) is 37.3 Å². The molecule has 24 heavy (non-hydrogen) atoms. The highest BCUT2D eigenvalue weighted by Gasteiger charge is 2.29. The Morgan fingerprint density at radius 2 is 2.17 bits per heavy atom. The van der Waals surface area contributed by atoms with Gasteiger partial charge in [0.15, 0.2) is 0 Å². The fourth-order valence-electron chi connectivity index (χ4n) is 3.26. The number of hydrogen-bond acceptors (Lipinski definition) is 4. The number of aromatic nitrogens is 1. The van der Waals surface area contributed by atoms with E-state index in [0.29, 0.717) is 12.1 Å². The van der Waals surface area contributed by atoms with Gasteiger partial charge in [-0.3, -0.25) is 4.79 Å². The van der Waals surface area contributed by atoms with Crippen LogP contribution in [0.4, 0.5) is 5.82 Å². The molecule has 1 aliphatic heterocycles. The zero-order valence-electron chi connectivity index (χ0n) is 14.2. The molecule has 0 bridgehead atoms. The summed E-state index contributed by atoms with van der Waals surface area (Å²) in [6, 6.07) is 12.2. The summed E-state index contributed by atoms with van der Waals surface area (Å²) in [6.07, 6.45) is 3.83. The normalized spacial score (nSPS) is 16.9. The lowest BCUT2D eigenvalue weighted by atomic mass is 10.0. The number of para-hydroxylation sites is 1. The van der Waals surface area contributed by atoms with Crippen LogP contribution < -0.4 is 15.0 Å². The Hall–Kier alpha value is -2.56. The van der Waals surface area contributed by atoms with Crippen molar-refractivity contribution in [3.8, 4) is 5.75 Å². The summed E-state index contributed by atoms with van der Waals surface area (Å²) in [7, 11) is 1.71. The predicted octanol–water partition coefficient (Wildman–Crippen LogP) is 3.18. The zero-order valence-corrected chi connectivity index (χ0v) is 14.2. The lowest BCUT2D eigenvalue weighted by molar-refractivity contribution is 0.0955. The van der Waals surface area contributed by atoms with E-state index in [2.05, 4.69) is 21.3 Å². The van der Waals surface area contributed by atoms with E-state index in [9.17, 15) is 4.79 Å². The summed E-state index contributed by atoms with van der Waals surface area (Å²) in [4.78, 5) is 18.7. The van der Waals surface area contributed by atoms with Crippen molar-refractivity contribution < 1.29 is 9.53 Å². The molecule has 5 nitrogen and oxygen atoms in total. The van der Waals surface area contributed by atoms with E-state index in [1.54, 1.807) is 13.3 Å². The van der Waals surface area contributed by atoms with Gasteiger partial charge in [-0.1, -0.05) is 18.2 Å². The second-order valence-corrected chi connectivity index (χ2v) is 5.86. The van der Waals surface area contributed by atoms with Crippen LogP contribution >= 0.6 is 0 Å². The average Bonchev–Trinajstić information content (AvgIpc) is 3.11. The number of nitrogens with one attached hydrogen (secondary N) is 1. The highest BCUT2D eigenvalue weighted by molar-refractivity contribution is 5.94. The van der Waals surface area contributed by atoms with Gasteiger partial charge >= 0.3 is 0 Å². The van der Waals surface area contributed by atoms with E-state index in [4.69, 9.17) is 4.74 Å². The zero-order chi connectivity index (χ0) is 16.9. The van der Waals surface area contributed by atoms with E-state index < -0.39 is 0 Å². The molecular formula is C19H23N3O2. The van der Waals surface area contributed by atoms with Crippen LogP contribution in [0.5, 0.6) is 5.75 Å². The molecule has 1 unspecified atom stereocenters. The minimum atomic E-state index is -0.0840. The smallest absolute Gasteiger partial charge is 0.252 e. The van der Waals surface area contributed by atoms with Crippen molar-refractivity contribution in [3.05, 3.63) is 53.7 Å². The molecule has 1 aromatic carbocycles. The number of benzene rings is 1. The molecule has 5 heteroatoms. The van der Waals surface area contributed by atoms with Crippen molar-refractivity contribution in [2.24, 2.45) is 0 Å². The van der Waals surface area contributed by atoms with Crippen molar-refractivity contribution in [1.82, 2.24) is 10.3 Å². The SMILES string of the molecule is CCNC(=O)c1ccc(N2CCCC2c2ccccc2OC)nc1. The Labute approximate surface area is 142 Å². The fraction of sp³-hybridized carbons (Fsp3) is 0.368. The topological polar surface area (TPSA) is 54.5 Å². The van der Waals surface area contributed by atoms with Gasteiger partial charge in [0.2, 0.25) is 0 Å². The minimum absolute atomic E-state index is 0.0840. The van der Waals surface area contributed by atoms with Gasteiger partial charge in [0.05, 0.1) is 18.7 Å². The lowest BCUT2D eigenvalue weighted by Gasteiger charge is -2.27. The minimum Gasteiger partial charge on any atom is -0.496 e. The van der Waals surface area contributed by atoms with Crippen LogP contribution in [0.1, 0.15) is 41.7 Å². The van der Waals surface area contributed by atoms with Gasteiger partial charge in [-0.25, -0.2) is 4.98 Å². The maximum absolute atomic E-state index is 11.9. The molecular weight excluding hydrogens is 302 g/mol. The van der Waals surface area contributed by atoms with Gasteiger partial charge in [-0.15, -0.1) is 0 Å². The van der Waals surface area contributed by atoms with Crippen molar-refractivity contribution in [1.29, 1.82) is 0 Å². The van der Waals surface area contributed by atoms with Crippen LogP contribution in [-0.4, -0.2) is 31.1 Å². The molecule has 0 saturated carbocycles. The number of methoxy groups -OCH3 is 1. The van der Waals surface area contributed by atoms with E-state index in [1.165, 1.54) is 5.56 Å². The van der Waals surface area contributed by atoms with Crippen LogP contribution in [0.25, 0.3) is 0 Å². The van der Waals surface area contributed by atoms with Gasteiger partial charge in [0.1, 0.15) is 11.6 Å². The van der Waals surface area contributed by atoms with Crippen molar-refractivity contribution in [2.75, 3.05) is 25.1 Å². The fourth-order valence-corrected chi connectivity index (χ4v) is 3.26. The third-order valence-electron chi connectivity index (χ3n) is 4.39. The van der Waals surface area contributed by atoms with Crippen LogP contribution in [-0.2, 0) is 0 Å². The molecule has 1 fully saturated rings. The van der Waals surface area contributed by atoms with E-state index in [0.717, 1.165) is 31.0 Å². The number of ether oxygens (including phenoxy) is 1. The van der Waals surface area contributed by atoms with Crippen molar-refractivity contribution in [2.45, 2.75) is 25.8 Å². The molecule has 3 rings (SSSR count). The number of amides is 1. The molecule has 0 radical (unpaired) electrons. The van der Waals surface area contributed by atoms with Gasteiger partial charge in [-0.2, -0.15) is 0 Å². The van der Waals surface area contributed by atoms with E-state index in [-0.39, 0.29) is 11.9 Å². The van der Waals surface area contributed by atoms with Crippen LogP contribution in [0.2, 0.25) is 0 Å². The molecule has 1 saturated heterocycles. The van der Waals surface area contributed by atoms with Gasteiger partial charge < -0.3 is 15.0 Å². The standard InChI is InChI=1S/C19H23N3O2/c1-3-20-19(23)14-10-11-18(21-13-14)22-12-6-8-16(22)15-7-4-5-9-17(15)24-2/h4-5,7,9-11,13,16H,3,6,8,12H2,1-2H3,(H,20,23). The summed E-state index contributed by atoms with van der Waals surface area (Å²) in [5.41, 5.74) is 1.78. The Morgan fingerprint density at radius 3 is 2.88 bits per heavy atom. The lowest BCUT2D eigenvalue weighted by Crippen LogP contribution is -2.25. The number of rotatable bonds is 5. The molecule has 2 heterocycles. The predicted molar refractivity (Wildman–Crippen MR) is 94.6 cm³/mol. The molecule has 1 amide bonds. The number of carbonyl (C=O) groups excluding carboxylic acids is 1. The van der Waals surface area contributed by atoms with Crippen molar-refractivity contribution in [3.63, 3.8) is 0 Å². The summed E-state index contributed by atoms with van der Waals surface area (Å²) in [5, 5.41) is 2.79. The average molecular weight is 325 g/mol. The Bertz CT molecular complexity index is 700. The molecule has 1 N–H and O–H groups in total. The van der Waals surface area contributed by atoms with Gasteiger partial charge in [0, 0.05) is 24.8 Å². The number of hydrogen-bond donors (Lipinski definition) is 1. The Morgan fingerprint density at radius 1 is 1.33 bits per heavy atom. The van der Waals surface area contributed by atoms with Crippen LogP contribution in [0.3, 0.4) is 0 Å². The quantitative estimate of drug-likeness (QED) is 0.917. The van der Waals surface area contributed by atoms with Crippen LogP contribution in [0.15, 0.2) is 42.6 Å². The monoisotopic (exact) mass is 325 g/mol. The van der Waals surface area contributed by atoms with Crippen LogP contribution in [0, 0.1) is 0 Å². The van der Waals surface area contributed by atoms with E-state index >= 15 is 0 Å². The summed E-state index contributed by atoms with van der Waals surface area (Å²) in [5.74, 6) is 1.73. The van der Waals surface area contributed by atoms with Gasteiger partial charge in [0.25, 0.3) is 5.91 Å². The number of anilines is 1. The first kappa shape index (κ1) is 16.3. The maximum atomic E-state index is 11.9. The summed E-state index contributed by atoms with van der Waals surface area (Å²) in [6.45, 7) is 3.47. The molecule has 1 aromatic heterocycles. The summed E-state index contributed by atoms with van der Waals surface area (Å²) >= 11 is 0. The highest BCUT2D eigenvalue weighted by Crippen LogP contribution is 2.38. The second kappa shape index (κ2) is 7.34. The third-order valence-corrected chi connectivity index (χ3v) is 4.39.